The summed E-state index contributed by atoms with van der Waals surface area (Å²) in [5.41, 5.74) is -5.04. The van der Waals surface area contributed by atoms with Crippen LogP contribution in [0.1, 0.15) is 6.23 Å². The first kappa shape index (κ1) is 26.1. The van der Waals surface area contributed by atoms with Crippen LogP contribution in [0.4, 0.5) is 0 Å². The summed E-state index contributed by atoms with van der Waals surface area (Å²) >= 11 is 0. The Morgan fingerprint density at radius 3 is 2.46 bits per heavy atom. The number of aromatic nitrogens is 2. The van der Waals surface area contributed by atoms with Gasteiger partial charge in [0.15, 0.2) is 6.23 Å². The number of hydrogen-bond acceptors (Lipinski definition) is 10. The molecule has 0 amide bonds. The minimum absolute atomic E-state index is 0. The molecule has 0 unspecified atom stereocenters. The Kier molecular flexibility index (Phi) is 9.61. The first-order valence-corrected chi connectivity index (χ1v) is 7.70. The minimum Gasteiger partial charge on any atom is -0.790 e. The van der Waals surface area contributed by atoms with Crippen molar-refractivity contribution in [3.63, 3.8) is 0 Å². The Morgan fingerprint density at radius 1 is 1.42 bits per heavy atom. The van der Waals surface area contributed by atoms with Crippen molar-refractivity contribution in [2.24, 2.45) is 0 Å². The Hall–Kier alpha value is 0.140. The van der Waals surface area contributed by atoms with Crippen molar-refractivity contribution in [3.05, 3.63) is 33.1 Å². The number of aliphatic hydroxyl groups is 2. The molecular formula is C10H11N2Na2O11P. The van der Waals surface area contributed by atoms with Gasteiger partial charge in [-0.2, -0.15) is 0 Å². The topological polar surface area (TPSA) is 214 Å². The Bertz CT molecular complexity index is 807. The van der Waals surface area contributed by atoms with Crippen LogP contribution in [0.3, 0.4) is 0 Å². The molecular weight excluding hydrogens is 401 g/mol. The zero-order valence-corrected chi connectivity index (χ0v) is 18.5. The number of phosphoric ester groups is 1. The maximum atomic E-state index is 11.7. The van der Waals surface area contributed by atoms with E-state index in [1.54, 1.807) is 4.98 Å². The molecule has 1 aliphatic rings. The molecule has 0 radical (unpaired) electrons. The van der Waals surface area contributed by atoms with Gasteiger partial charge in [-0.15, -0.1) is 0 Å². The molecule has 0 spiro atoms. The summed E-state index contributed by atoms with van der Waals surface area (Å²) < 4.78 is 19.8. The third kappa shape index (κ3) is 5.35. The zero-order chi connectivity index (χ0) is 18.3. The number of rotatable bonds is 5. The minimum atomic E-state index is -5.45. The van der Waals surface area contributed by atoms with Crippen molar-refractivity contribution >= 4 is 13.8 Å². The van der Waals surface area contributed by atoms with Gasteiger partial charge in [0, 0.05) is 12.3 Å². The number of hydrogen-bond donors (Lipinski definition) is 4. The van der Waals surface area contributed by atoms with Gasteiger partial charge in [-0.1, -0.05) is 0 Å². The molecule has 1 aromatic heterocycles. The second-order valence-corrected chi connectivity index (χ2v) is 6.02. The molecule has 4 atom stereocenters. The third-order valence-electron chi connectivity index (χ3n) is 3.33. The molecule has 16 heteroatoms. The molecule has 26 heavy (non-hydrogen) atoms. The van der Waals surface area contributed by atoms with Crippen molar-refractivity contribution in [3.8, 4) is 0 Å². The molecule has 1 fully saturated rings. The number of aliphatic carboxylic acids is 1. The molecule has 2 rings (SSSR count). The number of carbonyl (C=O) groups is 1. The van der Waals surface area contributed by atoms with Crippen LogP contribution in [0, 0.1) is 0 Å². The van der Waals surface area contributed by atoms with E-state index in [9.17, 15) is 38.9 Å². The van der Waals surface area contributed by atoms with Gasteiger partial charge in [0.2, 0.25) is 5.60 Å². The fourth-order valence-corrected chi connectivity index (χ4v) is 2.52. The molecule has 13 nitrogen and oxygen atoms in total. The number of aliphatic hydroxyl groups excluding tert-OH is 1. The summed E-state index contributed by atoms with van der Waals surface area (Å²) in [6.07, 6.45) is -5.22. The molecule has 4 N–H and O–H groups in total. The fourth-order valence-electron chi connectivity index (χ4n) is 2.19. The number of ether oxygens (including phenoxy) is 1. The van der Waals surface area contributed by atoms with E-state index in [0.717, 1.165) is 12.3 Å². The first-order valence-electron chi connectivity index (χ1n) is 6.24. The first-order chi connectivity index (χ1) is 11.0. The number of carboxylic acids is 1. The number of phosphoric acid groups is 1. The number of aromatic amines is 1. The van der Waals surface area contributed by atoms with Gasteiger partial charge in [0.25, 0.3) is 5.56 Å². The predicted octanol–water partition coefficient (Wildman–Crippen LogP) is -10.5. The van der Waals surface area contributed by atoms with Crippen molar-refractivity contribution in [1.29, 1.82) is 0 Å². The van der Waals surface area contributed by atoms with E-state index in [0.29, 0.717) is 4.57 Å². The quantitative estimate of drug-likeness (QED) is 0.263. The van der Waals surface area contributed by atoms with E-state index in [4.69, 9.17) is 9.84 Å². The third-order valence-corrected chi connectivity index (χ3v) is 3.79. The second-order valence-electron chi connectivity index (χ2n) is 4.86. The molecule has 134 valence electrons. The monoisotopic (exact) mass is 412 g/mol. The van der Waals surface area contributed by atoms with Crippen LogP contribution in [-0.4, -0.2) is 55.3 Å². The summed E-state index contributed by atoms with van der Waals surface area (Å²) in [5.74, 6) is -1.99. The zero-order valence-electron chi connectivity index (χ0n) is 13.6. The Morgan fingerprint density at radius 2 is 2.00 bits per heavy atom. The van der Waals surface area contributed by atoms with Gasteiger partial charge < -0.3 is 38.9 Å². The maximum Gasteiger partial charge on any atom is 1.00 e. The molecule has 0 aromatic carbocycles. The summed E-state index contributed by atoms with van der Waals surface area (Å²) in [7, 11) is -5.45. The van der Waals surface area contributed by atoms with Crippen LogP contribution in [0.25, 0.3) is 0 Å². The van der Waals surface area contributed by atoms with Crippen LogP contribution in [-0.2, 0) is 18.6 Å². The number of H-pyrrole nitrogens is 1. The molecule has 1 aliphatic heterocycles. The molecule has 1 saturated heterocycles. The molecule has 0 bridgehead atoms. The number of carboxylic acid groups (broad SMARTS) is 1. The SMILES string of the molecule is O=C(O)[C@@]1(O)[C@H](O)[C@@H](COP(=O)([O-])[O-])O[C@H]1n1ccc(=O)[nH]c1=O.[Na+].[Na+]. The molecule has 0 saturated carbocycles. The van der Waals surface area contributed by atoms with E-state index in [1.807, 2.05) is 0 Å². The van der Waals surface area contributed by atoms with Crippen molar-refractivity contribution in [2.45, 2.75) is 24.0 Å². The Balaban J connectivity index is 0.00000312. The summed E-state index contributed by atoms with van der Waals surface area (Å²) in [4.78, 5) is 56.8. The van der Waals surface area contributed by atoms with Gasteiger partial charge in [-0.3, -0.25) is 14.3 Å². The van der Waals surface area contributed by atoms with E-state index in [-0.39, 0.29) is 59.1 Å². The van der Waals surface area contributed by atoms with Crippen LogP contribution in [0.15, 0.2) is 21.9 Å². The molecule has 2 heterocycles. The van der Waals surface area contributed by atoms with E-state index < -0.39 is 55.7 Å². The van der Waals surface area contributed by atoms with Crippen LogP contribution in [0.2, 0.25) is 0 Å². The van der Waals surface area contributed by atoms with Gasteiger partial charge in [0.05, 0.1) is 14.4 Å². The number of nitrogens with one attached hydrogen (secondary N) is 1. The van der Waals surface area contributed by atoms with Gasteiger partial charge in [-0.25, -0.2) is 9.59 Å². The summed E-state index contributed by atoms with van der Waals surface area (Å²) in [6.45, 7) is -1.09. The summed E-state index contributed by atoms with van der Waals surface area (Å²) in [6, 6.07) is 0.826. The largest absolute Gasteiger partial charge is 1.00 e. The Labute approximate surface area is 188 Å². The van der Waals surface area contributed by atoms with E-state index in [2.05, 4.69) is 4.52 Å². The van der Waals surface area contributed by atoms with E-state index >= 15 is 0 Å². The van der Waals surface area contributed by atoms with E-state index in [1.165, 1.54) is 0 Å². The molecule has 0 aliphatic carbocycles. The number of nitrogens with zero attached hydrogens (tertiary/aromatic N) is 1. The van der Waals surface area contributed by atoms with Crippen molar-refractivity contribution in [2.75, 3.05) is 6.61 Å². The summed E-state index contributed by atoms with van der Waals surface area (Å²) in [5, 5.41) is 29.3. The van der Waals surface area contributed by atoms with Crippen LogP contribution < -0.4 is 80.2 Å². The smallest absolute Gasteiger partial charge is 0.790 e. The van der Waals surface area contributed by atoms with Crippen LogP contribution in [0.5, 0.6) is 0 Å². The molecule has 1 aromatic rings. The standard InChI is InChI=1S/C10H13N2O11P.2Na/c13-5-1-2-12(9(17)11-5)7-10(18,8(15)16)6(14)4(23-7)3-22-24(19,20)21;;/h1-2,4,6-7,14,18H,3H2,(H,15,16)(H,11,13,17)(H2,19,20,21);;/q;2*+1/p-2/t4-,6-,7-,10-;;/m1../s1. The second kappa shape index (κ2) is 9.56. The predicted molar refractivity (Wildman–Crippen MR) is 67.4 cm³/mol. The van der Waals surface area contributed by atoms with Crippen LogP contribution >= 0.6 is 7.82 Å². The van der Waals surface area contributed by atoms with Crippen molar-refractivity contribution in [1.82, 2.24) is 9.55 Å². The average Bonchev–Trinajstić information content (AvgIpc) is 2.70. The maximum absolute atomic E-state index is 11.7. The average molecular weight is 412 g/mol. The van der Waals surface area contributed by atoms with Gasteiger partial charge in [-0.05, 0) is 0 Å². The van der Waals surface area contributed by atoms with Gasteiger partial charge >= 0.3 is 70.8 Å². The normalized spacial score (nSPS) is 28.1. The fraction of sp³-hybridized carbons (Fsp3) is 0.500. The van der Waals surface area contributed by atoms with Crippen molar-refractivity contribution < 1.29 is 103 Å². The van der Waals surface area contributed by atoms with Gasteiger partial charge in [0.1, 0.15) is 12.2 Å².